The van der Waals surface area contributed by atoms with E-state index in [9.17, 15) is 4.79 Å². The molecule has 0 aliphatic rings. The zero-order valence-electron chi connectivity index (χ0n) is 11.8. The lowest BCUT2D eigenvalue weighted by molar-refractivity contribution is -0.123. The number of hydrogen-bond donors (Lipinski definition) is 2. The summed E-state index contributed by atoms with van der Waals surface area (Å²) in [6, 6.07) is 10.0. The summed E-state index contributed by atoms with van der Waals surface area (Å²) in [4.78, 5) is 11.9. The second kappa shape index (κ2) is 9.82. The Kier molecular flexibility index (Phi) is 9.27. The number of rotatable bonds is 7. The Morgan fingerprint density at radius 1 is 1.26 bits per heavy atom. The molecule has 0 heterocycles. The highest BCUT2D eigenvalue weighted by Crippen LogP contribution is 2.06. The molecular weight excluding hydrogens is 260 g/mol. The van der Waals surface area contributed by atoms with E-state index < -0.39 is 0 Å². The minimum absolute atomic E-state index is 0. The molecule has 0 aromatic heterocycles. The van der Waals surface area contributed by atoms with Crippen LogP contribution in [0.1, 0.15) is 38.7 Å². The average Bonchev–Trinajstić information content (AvgIpc) is 2.39. The van der Waals surface area contributed by atoms with Crippen molar-refractivity contribution in [1.82, 2.24) is 5.32 Å². The Hall–Kier alpha value is -1.06. The Balaban J connectivity index is 0.00000324. The fraction of sp³-hybridized carbons (Fsp3) is 0.533. The first-order valence-electron chi connectivity index (χ1n) is 6.77. The largest absolute Gasteiger partial charge is 0.352 e. The highest BCUT2D eigenvalue weighted by Gasteiger charge is 2.16. The number of nitrogens with two attached hydrogens (primary N) is 1. The Bertz CT molecular complexity index is 356. The number of amides is 1. The molecule has 1 aromatic rings. The van der Waals surface area contributed by atoms with E-state index in [-0.39, 0.29) is 30.4 Å². The highest BCUT2D eigenvalue weighted by molar-refractivity contribution is 5.85. The molecule has 1 rings (SSSR count). The molecule has 1 aromatic carbocycles. The standard InChI is InChI=1S/C15H24N2O.ClH/c1-3-8-14(16)15(18)17-13(4-2)11-12-9-6-5-7-10-12;/h5-7,9-10,13-14H,3-4,8,11,16H2,1-2H3,(H,17,18);1H. The van der Waals surface area contributed by atoms with Crippen LogP contribution >= 0.6 is 12.4 Å². The molecule has 0 bridgehead atoms. The molecule has 3 N–H and O–H groups in total. The molecule has 19 heavy (non-hydrogen) atoms. The van der Waals surface area contributed by atoms with Crippen molar-refractivity contribution in [2.75, 3.05) is 0 Å². The van der Waals surface area contributed by atoms with Crippen molar-refractivity contribution in [2.45, 2.75) is 51.6 Å². The Morgan fingerprint density at radius 3 is 2.42 bits per heavy atom. The van der Waals surface area contributed by atoms with Crippen molar-refractivity contribution in [3.05, 3.63) is 35.9 Å². The van der Waals surface area contributed by atoms with Crippen LogP contribution in [0.2, 0.25) is 0 Å². The van der Waals surface area contributed by atoms with E-state index >= 15 is 0 Å². The van der Waals surface area contributed by atoms with Crippen LogP contribution in [-0.4, -0.2) is 18.0 Å². The molecule has 0 spiro atoms. The molecule has 0 aliphatic heterocycles. The number of hydrogen-bond acceptors (Lipinski definition) is 2. The first-order valence-corrected chi connectivity index (χ1v) is 6.77. The second-order valence-electron chi connectivity index (χ2n) is 4.70. The predicted molar refractivity (Wildman–Crippen MR) is 82.5 cm³/mol. The smallest absolute Gasteiger partial charge is 0.237 e. The summed E-state index contributed by atoms with van der Waals surface area (Å²) in [5.74, 6) is -0.0281. The lowest BCUT2D eigenvalue weighted by Gasteiger charge is -2.19. The monoisotopic (exact) mass is 284 g/mol. The van der Waals surface area contributed by atoms with Crippen LogP contribution in [0.5, 0.6) is 0 Å². The lowest BCUT2D eigenvalue weighted by Crippen LogP contribution is -2.45. The van der Waals surface area contributed by atoms with Crippen LogP contribution in [0.4, 0.5) is 0 Å². The van der Waals surface area contributed by atoms with Crippen molar-refractivity contribution in [3.63, 3.8) is 0 Å². The first kappa shape index (κ1) is 17.9. The van der Waals surface area contributed by atoms with Crippen molar-refractivity contribution in [2.24, 2.45) is 5.73 Å². The van der Waals surface area contributed by atoms with Gasteiger partial charge in [-0.25, -0.2) is 0 Å². The molecule has 3 nitrogen and oxygen atoms in total. The summed E-state index contributed by atoms with van der Waals surface area (Å²) in [5.41, 5.74) is 7.06. The minimum atomic E-state index is -0.375. The maximum absolute atomic E-state index is 11.9. The van der Waals surface area contributed by atoms with Crippen LogP contribution in [0, 0.1) is 0 Å². The van der Waals surface area contributed by atoms with Crippen LogP contribution in [0.3, 0.4) is 0 Å². The van der Waals surface area contributed by atoms with Gasteiger partial charge < -0.3 is 11.1 Å². The number of benzene rings is 1. The van der Waals surface area contributed by atoms with Gasteiger partial charge in [0.25, 0.3) is 0 Å². The molecule has 0 fully saturated rings. The third kappa shape index (κ3) is 6.60. The molecule has 0 saturated carbocycles. The SMILES string of the molecule is CCCC(N)C(=O)NC(CC)Cc1ccccc1.Cl. The van der Waals surface area contributed by atoms with Crippen molar-refractivity contribution >= 4 is 18.3 Å². The fourth-order valence-corrected chi connectivity index (χ4v) is 1.95. The van der Waals surface area contributed by atoms with Gasteiger partial charge in [0.1, 0.15) is 0 Å². The first-order chi connectivity index (χ1) is 8.67. The van der Waals surface area contributed by atoms with Gasteiger partial charge in [-0.15, -0.1) is 12.4 Å². The summed E-state index contributed by atoms with van der Waals surface area (Å²) < 4.78 is 0. The van der Waals surface area contributed by atoms with E-state index in [1.165, 1.54) is 5.56 Å². The maximum atomic E-state index is 11.9. The minimum Gasteiger partial charge on any atom is -0.352 e. The third-order valence-electron chi connectivity index (χ3n) is 3.10. The number of carbonyl (C=O) groups excluding carboxylic acids is 1. The molecule has 0 radical (unpaired) electrons. The zero-order valence-corrected chi connectivity index (χ0v) is 12.6. The summed E-state index contributed by atoms with van der Waals surface area (Å²) in [6.45, 7) is 4.12. The van der Waals surface area contributed by atoms with Gasteiger partial charge in [-0.2, -0.15) is 0 Å². The van der Waals surface area contributed by atoms with Gasteiger partial charge in [0.05, 0.1) is 6.04 Å². The van der Waals surface area contributed by atoms with Crippen LogP contribution < -0.4 is 11.1 Å². The van der Waals surface area contributed by atoms with E-state index in [1.54, 1.807) is 0 Å². The van der Waals surface area contributed by atoms with Gasteiger partial charge in [0.15, 0.2) is 0 Å². The van der Waals surface area contributed by atoms with Gasteiger partial charge in [-0.1, -0.05) is 50.6 Å². The molecule has 1 amide bonds. The van der Waals surface area contributed by atoms with Gasteiger partial charge in [-0.05, 0) is 24.8 Å². The van der Waals surface area contributed by atoms with Crippen molar-refractivity contribution in [1.29, 1.82) is 0 Å². The third-order valence-corrected chi connectivity index (χ3v) is 3.10. The molecular formula is C15H25ClN2O. The lowest BCUT2D eigenvalue weighted by atomic mass is 10.0. The van der Waals surface area contributed by atoms with Crippen molar-refractivity contribution < 1.29 is 4.79 Å². The molecule has 4 heteroatoms. The van der Waals surface area contributed by atoms with E-state index in [0.29, 0.717) is 0 Å². The van der Waals surface area contributed by atoms with Gasteiger partial charge in [0.2, 0.25) is 5.91 Å². The van der Waals surface area contributed by atoms with E-state index in [2.05, 4.69) is 24.4 Å². The van der Waals surface area contributed by atoms with Gasteiger partial charge >= 0.3 is 0 Å². The second-order valence-corrected chi connectivity index (χ2v) is 4.70. The maximum Gasteiger partial charge on any atom is 0.237 e. The van der Waals surface area contributed by atoms with E-state index in [1.807, 2.05) is 25.1 Å². The average molecular weight is 285 g/mol. The van der Waals surface area contributed by atoms with Crippen LogP contribution in [0.15, 0.2) is 30.3 Å². The van der Waals surface area contributed by atoms with E-state index in [0.717, 1.165) is 25.7 Å². The van der Waals surface area contributed by atoms with E-state index in [4.69, 9.17) is 5.73 Å². The fourth-order valence-electron chi connectivity index (χ4n) is 1.95. The van der Waals surface area contributed by atoms with Gasteiger partial charge in [-0.3, -0.25) is 4.79 Å². The van der Waals surface area contributed by atoms with Crippen LogP contribution in [0.25, 0.3) is 0 Å². The summed E-state index contributed by atoms with van der Waals surface area (Å²) >= 11 is 0. The Labute approximate surface area is 122 Å². The van der Waals surface area contributed by atoms with Gasteiger partial charge in [0, 0.05) is 6.04 Å². The topological polar surface area (TPSA) is 55.1 Å². The van der Waals surface area contributed by atoms with Crippen LogP contribution in [-0.2, 0) is 11.2 Å². The zero-order chi connectivity index (χ0) is 13.4. The molecule has 2 atom stereocenters. The molecule has 108 valence electrons. The Morgan fingerprint density at radius 2 is 1.89 bits per heavy atom. The predicted octanol–water partition coefficient (Wildman–Crippen LogP) is 2.67. The summed E-state index contributed by atoms with van der Waals surface area (Å²) in [6.07, 6.45) is 3.46. The number of carbonyl (C=O) groups is 1. The normalized spacial score (nSPS) is 13.2. The number of halogens is 1. The van der Waals surface area contributed by atoms with Crippen molar-refractivity contribution in [3.8, 4) is 0 Å². The molecule has 0 saturated heterocycles. The molecule has 0 aliphatic carbocycles. The highest BCUT2D eigenvalue weighted by atomic mass is 35.5. The molecule has 2 unspecified atom stereocenters. The quantitative estimate of drug-likeness (QED) is 0.809. The summed E-state index contributed by atoms with van der Waals surface area (Å²) in [5, 5.41) is 3.04. The number of nitrogens with one attached hydrogen (secondary N) is 1. The summed E-state index contributed by atoms with van der Waals surface area (Å²) in [7, 11) is 0.